The molecule has 0 aliphatic heterocycles. The van der Waals surface area contributed by atoms with Gasteiger partial charge in [-0.15, -0.1) is 0 Å². The van der Waals surface area contributed by atoms with Crippen LogP contribution in [0.5, 0.6) is 0 Å². The van der Waals surface area contributed by atoms with Crippen molar-refractivity contribution in [2.24, 2.45) is 0 Å². The number of rotatable bonds is 21. The van der Waals surface area contributed by atoms with Crippen LogP contribution in [0, 0.1) is 0 Å². The normalized spacial score (nSPS) is 12.9. The average molecular weight is 1020 g/mol. The predicted molar refractivity (Wildman–Crippen MR) is 330 cm³/mol. The zero-order chi connectivity index (χ0) is 56.5. The number of hydrogen-bond donors (Lipinski definition) is 0. The van der Waals surface area contributed by atoms with Crippen molar-refractivity contribution in [3.63, 3.8) is 0 Å². The summed E-state index contributed by atoms with van der Waals surface area (Å²) in [5, 5.41) is 0. The van der Waals surface area contributed by atoms with Crippen LogP contribution in [0.2, 0.25) is 0 Å². The molecule has 0 atom stereocenters. The first-order chi connectivity index (χ1) is 35.5. The van der Waals surface area contributed by atoms with Crippen molar-refractivity contribution >= 4 is 0 Å². The lowest BCUT2D eigenvalue weighted by Gasteiger charge is -2.42. The third-order valence-electron chi connectivity index (χ3n) is 16.6. The van der Waals surface area contributed by atoms with Crippen molar-refractivity contribution in [3.8, 4) is 0 Å². The summed E-state index contributed by atoms with van der Waals surface area (Å²) in [6.07, 6.45) is 0. The van der Waals surface area contributed by atoms with E-state index in [-0.39, 0.29) is 71.0 Å². The van der Waals surface area contributed by atoms with Crippen LogP contribution in [-0.2, 0) is 21.0 Å². The molecule has 0 unspecified atom stereocenters. The Balaban J connectivity index is 2.01. The summed E-state index contributed by atoms with van der Waals surface area (Å²) in [5.74, 6) is 3.24. The Labute approximate surface area is 465 Å². The monoisotopic (exact) mass is 1020 g/mol. The average Bonchev–Trinajstić information content (AvgIpc) is 3.36. The number of benzene rings is 6. The summed E-state index contributed by atoms with van der Waals surface area (Å²) in [6, 6.07) is 44.1. The Kier molecular flexibility index (Phi) is 19.5. The molecule has 2 heteroatoms. The van der Waals surface area contributed by atoms with Gasteiger partial charge in [-0.3, -0.25) is 0 Å². The van der Waals surface area contributed by atoms with Crippen LogP contribution < -0.4 is 0 Å². The SMILES string of the molecule is CC(C)c1cc(C(C)C)cc(C(OOC(c2cc(C(C)C)cc(C(C)C)c2)(c2cc(C(C)C)cc(C(C)C)c2)c2cc(C(C)C)cc(C(C)C)c2)(c2cc(C(C)C)cc(C(C)C)c2)c2cc(C(C)C)cc(C(C)C)c2)c1. The smallest absolute Gasteiger partial charge is 0.179 e. The first-order valence-electron chi connectivity index (χ1n) is 29.8. The molecular weight excluding hydrogens is 921 g/mol. The molecule has 0 saturated carbocycles. The highest BCUT2D eigenvalue weighted by atomic mass is 17.2. The van der Waals surface area contributed by atoms with E-state index >= 15 is 0 Å². The van der Waals surface area contributed by atoms with Crippen LogP contribution >= 0.6 is 0 Å². The standard InChI is InChI=1S/C74H102O2/c1-43(2)55-25-56(44(3)4)32-67(31-55)73(68-33-57(45(5)6)26-58(34-68)46(7)8,69-35-59(47(9)10)27-60(36-69)48(11)12)75-76-74(70-37-61(49(13)14)28-62(38-70)50(15)16,71-39-63(51(17)18)29-64(40-71)52(19)20)72-41-65(53(21)22)30-66(42-72)54(23)24/h25-54H,1-24H3. The van der Waals surface area contributed by atoms with Crippen molar-refractivity contribution < 1.29 is 9.78 Å². The molecule has 6 rings (SSSR count). The fourth-order valence-electron chi connectivity index (χ4n) is 10.7. The van der Waals surface area contributed by atoms with Gasteiger partial charge in [0.1, 0.15) is 0 Å². The minimum atomic E-state index is -1.27. The molecule has 76 heavy (non-hydrogen) atoms. The second-order valence-corrected chi connectivity index (χ2v) is 26.7. The number of hydrogen-bond acceptors (Lipinski definition) is 2. The van der Waals surface area contributed by atoms with E-state index in [0.717, 1.165) is 33.4 Å². The van der Waals surface area contributed by atoms with Gasteiger partial charge in [0.25, 0.3) is 0 Å². The lowest BCUT2D eigenvalue weighted by molar-refractivity contribution is -0.388. The third kappa shape index (κ3) is 12.9. The Morgan fingerprint density at radius 2 is 0.263 bits per heavy atom. The fourth-order valence-corrected chi connectivity index (χ4v) is 10.7. The minimum Gasteiger partial charge on any atom is -0.214 e. The van der Waals surface area contributed by atoms with Gasteiger partial charge in [-0.25, -0.2) is 9.78 Å². The van der Waals surface area contributed by atoms with Crippen LogP contribution in [0.4, 0.5) is 0 Å². The van der Waals surface area contributed by atoms with Gasteiger partial charge < -0.3 is 0 Å². The first kappa shape index (κ1) is 60.5. The molecule has 0 aromatic heterocycles. The molecule has 0 saturated heterocycles. The highest BCUT2D eigenvalue weighted by Gasteiger charge is 2.48. The molecule has 0 aliphatic rings. The molecule has 0 radical (unpaired) electrons. The van der Waals surface area contributed by atoms with E-state index in [1.54, 1.807) is 0 Å². The van der Waals surface area contributed by atoms with Gasteiger partial charge in [-0.1, -0.05) is 275 Å². The maximum absolute atomic E-state index is 8.43. The van der Waals surface area contributed by atoms with Gasteiger partial charge in [0.2, 0.25) is 0 Å². The predicted octanol–water partition coefficient (Wildman–Crippen LogP) is 22.4. The molecule has 0 N–H and O–H groups in total. The summed E-state index contributed by atoms with van der Waals surface area (Å²) >= 11 is 0. The summed E-state index contributed by atoms with van der Waals surface area (Å²) < 4.78 is 0. The Hall–Kier alpha value is -4.76. The second-order valence-electron chi connectivity index (χ2n) is 26.7. The summed E-state index contributed by atoms with van der Waals surface area (Å²) in [7, 11) is 0. The van der Waals surface area contributed by atoms with Crippen LogP contribution in [0.1, 0.15) is 337 Å². The molecule has 6 aromatic rings. The molecule has 0 fully saturated rings. The topological polar surface area (TPSA) is 18.5 Å². The lowest BCUT2D eigenvalue weighted by Crippen LogP contribution is -2.41. The first-order valence-corrected chi connectivity index (χ1v) is 29.8. The van der Waals surface area contributed by atoms with E-state index in [9.17, 15) is 0 Å². The van der Waals surface area contributed by atoms with Gasteiger partial charge in [-0.05, 0) is 171 Å². The zero-order valence-corrected chi connectivity index (χ0v) is 52.1. The minimum absolute atomic E-state index is 0.270. The van der Waals surface area contributed by atoms with E-state index in [1.165, 1.54) is 66.8 Å². The Morgan fingerprint density at radius 1 is 0.171 bits per heavy atom. The molecule has 410 valence electrons. The van der Waals surface area contributed by atoms with Gasteiger partial charge in [-0.2, -0.15) is 0 Å². The van der Waals surface area contributed by atoms with Crippen molar-refractivity contribution in [1.82, 2.24) is 0 Å². The van der Waals surface area contributed by atoms with E-state index in [2.05, 4.69) is 275 Å². The van der Waals surface area contributed by atoms with Gasteiger partial charge >= 0.3 is 0 Å². The highest BCUT2D eigenvalue weighted by molar-refractivity contribution is 5.57. The summed E-state index contributed by atoms with van der Waals surface area (Å²) in [5.41, 5.74) is 19.4. The molecule has 2 nitrogen and oxygen atoms in total. The molecule has 0 bridgehead atoms. The second kappa shape index (κ2) is 24.5. The Bertz CT molecular complexity index is 2240. The molecule has 0 aliphatic carbocycles. The Morgan fingerprint density at radius 3 is 0.342 bits per heavy atom. The van der Waals surface area contributed by atoms with Crippen molar-refractivity contribution in [2.75, 3.05) is 0 Å². The summed E-state index contributed by atoms with van der Waals surface area (Å²) in [6.45, 7) is 55.9. The van der Waals surface area contributed by atoms with E-state index in [4.69, 9.17) is 9.78 Å². The molecule has 6 aromatic carbocycles. The summed E-state index contributed by atoms with van der Waals surface area (Å²) in [4.78, 5) is 16.9. The van der Waals surface area contributed by atoms with Crippen LogP contribution in [0.15, 0.2) is 109 Å². The zero-order valence-electron chi connectivity index (χ0n) is 52.1. The third-order valence-corrected chi connectivity index (χ3v) is 16.6. The highest BCUT2D eigenvalue weighted by Crippen LogP contribution is 2.52. The largest absolute Gasteiger partial charge is 0.214 e. The van der Waals surface area contributed by atoms with E-state index < -0.39 is 11.2 Å². The maximum atomic E-state index is 8.43. The molecule has 0 spiro atoms. The quantitative estimate of drug-likeness (QED) is 0.0406. The van der Waals surface area contributed by atoms with Gasteiger partial charge in [0.05, 0.1) is 0 Å². The maximum Gasteiger partial charge on any atom is 0.179 e. The fraction of sp³-hybridized carbons (Fsp3) is 0.514. The van der Waals surface area contributed by atoms with E-state index in [1.807, 2.05) is 0 Å². The van der Waals surface area contributed by atoms with E-state index in [0.29, 0.717) is 0 Å². The molecular formula is C74H102O2. The van der Waals surface area contributed by atoms with Crippen molar-refractivity contribution in [2.45, 2.75) is 248 Å². The van der Waals surface area contributed by atoms with Crippen molar-refractivity contribution in [3.05, 3.63) is 209 Å². The molecule has 0 amide bonds. The van der Waals surface area contributed by atoms with Crippen LogP contribution in [0.3, 0.4) is 0 Å². The van der Waals surface area contributed by atoms with Crippen molar-refractivity contribution in [1.29, 1.82) is 0 Å². The van der Waals surface area contributed by atoms with Gasteiger partial charge in [0.15, 0.2) is 11.2 Å². The van der Waals surface area contributed by atoms with Crippen LogP contribution in [0.25, 0.3) is 0 Å². The lowest BCUT2D eigenvalue weighted by atomic mass is 9.74. The molecule has 0 heterocycles. The van der Waals surface area contributed by atoms with Crippen LogP contribution in [-0.4, -0.2) is 0 Å². The van der Waals surface area contributed by atoms with Gasteiger partial charge in [0, 0.05) is 0 Å².